The van der Waals surface area contributed by atoms with Crippen molar-refractivity contribution in [2.45, 2.75) is 6.04 Å². The largest absolute Gasteiger partial charge is 0.480 e. The van der Waals surface area contributed by atoms with E-state index in [4.69, 9.17) is 33.4 Å². The summed E-state index contributed by atoms with van der Waals surface area (Å²) in [5, 5.41) is 29.6. The average molecular weight is 323 g/mol. The topological polar surface area (TPSA) is 130 Å². The summed E-state index contributed by atoms with van der Waals surface area (Å²) in [6.45, 7) is -0.829. The number of carbonyl (C=O) groups is 2. The summed E-state index contributed by atoms with van der Waals surface area (Å²) < 4.78 is 0. The molecule has 1 atom stereocenters. The van der Waals surface area contributed by atoms with Crippen LogP contribution in [0.3, 0.4) is 0 Å². The van der Waals surface area contributed by atoms with Crippen LogP contribution in [0, 0.1) is 10.1 Å². The molecule has 3 N–H and O–H groups in total. The lowest BCUT2D eigenvalue weighted by Crippen LogP contribution is -2.43. The van der Waals surface area contributed by atoms with E-state index in [1.54, 1.807) is 0 Å². The van der Waals surface area contributed by atoms with E-state index in [-0.39, 0.29) is 15.6 Å². The molecule has 0 aliphatic rings. The minimum Gasteiger partial charge on any atom is -0.480 e. The molecule has 1 aromatic carbocycles. The van der Waals surface area contributed by atoms with E-state index in [0.29, 0.717) is 0 Å². The van der Waals surface area contributed by atoms with Gasteiger partial charge in [-0.1, -0.05) is 23.2 Å². The van der Waals surface area contributed by atoms with Crippen molar-refractivity contribution in [3.63, 3.8) is 0 Å². The number of aliphatic hydroxyl groups is 1. The number of nitrogens with one attached hydrogen (secondary N) is 1. The van der Waals surface area contributed by atoms with Crippen molar-refractivity contribution in [1.29, 1.82) is 0 Å². The van der Waals surface area contributed by atoms with E-state index in [1.807, 2.05) is 5.32 Å². The predicted octanol–water partition coefficient (Wildman–Crippen LogP) is 1.08. The molecule has 108 valence electrons. The molecule has 1 amide bonds. The molecule has 1 unspecified atom stereocenters. The van der Waals surface area contributed by atoms with Crippen molar-refractivity contribution in [2.24, 2.45) is 0 Å². The molecular weight excluding hydrogens is 315 g/mol. The molecule has 0 aliphatic heterocycles. The van der Waals surface area contributed by atoms with Crippen LogP contribution in [-0.4, -0.2) is 39.7 Å². The molecule has 0 aliphatic carbocycles. The maximum Gasteiger partial charge on any atom is 0.328 e. The van der Waals surface area contributed by atoms with Gasteiger partial charge >= 0.3 is 5.97 Å². The van der Waals surface area contributed by atoms with Crippen LogP contribution in [0.4, 0.5) is 5.69 Å². The molecule has 10 heteroatoms. The molecule has 0 spiro atoms. The van der Waals surface area contributed by atoms with E-state index < -0.39 is 35.1 Å². The highest BCUT2D eigenvalue weighted by Crippen LogP contribution is 2.33. The van der Waals surface area contributed by atoms with Gasteiger partial charge in [-0.05, 0) is 6.07 Å². The Bertz CT molecular complexity index is 577. The van der Waals surface area contributed by atoms with Gasteiger partial charge < -0.3 is 15.5 Å². The molecule has 0 radical (unpaired) electrons. The van der Waals surface area contributed by atoms with Crippen LogP contribution < -0.4 is 5.32 Å². The number of halogens is 2. The Kier molecular flexibility index (Phi) is 5.26. The van der Waals surface area contributed by atoms with E-state index in [1.165, 1.54) is 0 Å². The second-order valence-corrected chi connectivity index (χ2v) is 4.38. The van der Waals surface area contributed by atoms with Crippen molar-refractivity contribution in [3.8, 4) is 0 Å². The number of carbonyl (C=O) groups excluding carboxylic acids is 1. The first kappa shape index (κ1) is 16.2. The van der Waals surface area contributed by atoms with Gasteiger partial charge in [-0.25, -0.2) is 4.79 Å². The summed E-state index contributed by atoms with van der Waals surface area (Å²) in [6, 6.07) is 0.388. The Hall–Kier alpha value is -1.90. The van der Waals surface area contributed by atoms with Gasteiger partial charge in [0.05, 0.1) is 16.6 Å². The first-order valence-electron chi connectivity index (χ1n) is 5.06. The Balaban J connectivity index is 3.11. The molecule has 1 aromatic rings. The van der Waals surface area contributed by atoms with Crippen molar-refractivity contribution >= 4 is 40.8 Å². The van der Waals surface area contributed by atoms with Crippen LogP contribution in [0.2, 0.25) is 10.0 Å². The lowest BCUT2D eigenvalue weighted by Gasteiger charge is -2.12. The van der Waals surface area contributed by atoms with Crippen LogP contribution >= 0.6 is 23.2 Å². The normalized spacial score (nSPS) is 11.8. The van der Waals surface area contributed by atoms with E-state index in [2.05, 4.69) is 0 Å². The molecule has 0 bridgehead atoms. The second-order valence-electron chi connectivity index (χ2n) is 3.60. The van der Waals surface area contributed by atoms with Gasteiger partial charge in [-0.3, -0.25) is 14.9 Å². The smallest absolute Gasteiger partial charge is 0.328 e. The van der Waals surface area contributed by atoms with Crippen LogP contribution in [0.1, 0.15) is 10.4 Å². The first-order valence-corrected chi connectivity index (χ1v) is 5.81. The number of carboxylic acids is 1. The zero-order valence-corrected chi connectivity index (χ0v) is 11.2. The maximum atomic E-state index is 11.7. The fourth-order valence-electron chi connectivity index (χ4n) is 1.27. The number of hydrogen-bond donors (Lipinski definition) is 3. The van der Waals surface area contributed by atoms with Crippen molar-refractivity contribution in [2.75, 3.05) is 6.61 Å². The Morgan fingerprint density at radius 1 is 1.40 bits per heavy atom. The zero-order chi connectivity index (χ0) is 15.4. The molecular formula is C10H8Cl2N2O6. The quantitative estimate of drug-likeness (QED) is 0.549. The lowest BCUT2D eigenvalue weighted by molar-refractivity contribution is -0.384. The highest BCUT2D eigenvalue weighted by atomic mass is 35.5. The molecule has 0 aromatic heterocycles. The summed E-state index contributed by atoms with van der Waals surface area (Å²) in [6.07, 6.45) is 0. The fraction of sp³-hybridized carbons (Fsp3) is 0.200. The first-order chi connectivity index (χ1) is 9.27. The molecule has 20 heavy (non-hydrogen) atoms. The minimum absolute atomic E-state index is 0.220. The molecule has 1 rings (SSSR count). The van der Waals surface area contributed by atoms with Crippen LogP contribution in [0.15, 0.2) is 12.1 Å². The Labute approximate surface area is 122 Å². The second kappa shape index (κ2) is 6.51. The van der Waals surface area contributed by atoms with Gasteiger partial charge in [0.2, 0.25) is 0 Å². The third kappa shape index (κ3) is 3.56. The number of rotatable bonds is 5. The van der Waals surface area contributed by atoms with Crippen LogP contribution in [0.25, 0.3) is 0 Å². The highest BCUT2D eigenvalue weighted by molar-refractivity contribution is 6.43. The Morgan fingerprint density at radius 3 is 2.45 bits per heavy atom. The van der Waals surface area contributed by atoms with Crippen molar-refractivity contribution in [3.05, 3.63) is 37.9 Å². The van der Waals surface area contributed by atoms with Gasteiger partial charge in [0, 0.05) is 11.6 Å². The molecule has 0 saturated carbocycles. The van der Waals surface area contributed by atoms with Gasteiger partial charge in [-0.15, -0.1) is 0 Å². The third-order valence-electron chi connectivity index (χ3n) is 2.25. The standard InChI is InChI=1S/C10H8Cl2N2O6/c11-5-1-4(2-7(8(5)12)14(19)20)9(16)13-6(3-15)10(17)18/h1-2,6,15H,3H2,(H,13,16)(H,17,18). The predicted molar refractivity (Wildman–Crippen MR) is 69.1 cm³/mol. The highest BCUT2D eigenvalue weighted by Gasteiger charge is 2.23. The Morgan fingerprint density at radius 2 is 2.00 bits per heavy atom. The van der Waals surface area contributed by atoms with Crippen LogP contribution in [0.5, 0.6) is 0 Å². The van der Waals surface area contributed by atoms with Crippen molar-refractivity contribution < 1.29 is 24.7 Å². The fourth-order valence-corrected chi connectivity index (χ4v) is 1.66. The monoisotopic (exact) mass is 322 g/mol. The van der Waals surface area contributed by atoms with Gasteiger partial charge in [-0.2, -0.15) is 0 Å². The summed E-state index contributed by atoms with van der Waals surface area (Å²) >= 11 is 11.3. The van der Waals surface area contributed by atoms with Gasteiger partial charge in [0.25, 0.3) is 11.6 Å². The summed E-state index contributed by atoms with van der Waals surface area (Å²) in [5.41, 5.74) is -0.828. The van der Waals surface area contributed by atoms with Gasteiger partial charge in [0.15, 0.2) is 6.04 Å². The summed E-state index contributed by atoms with van der Waals surface area (Å²) in [5.74, 6) is -2.39. The van der Waals surface area contributed by atoms with Crippen LogP contribution in [-0.2, 0) is 4.79 Å². The summed E-state index contributed by atoms with van der Waals surface area (Å²) in [4.78, 5) is 32.3. The number of nitrogens with zero attached hydrogens (tertiary/aromatic N) is 1. The SMILES string of the molecule is O=C(NC(CO)C(=O)O)c1cc(Cl)c(Cl)c([N+](=O)[O-])c1. The summed E-state index contributed by atoms with van der Waals surface area (Å²) in [7, 11) is 0. The lowest BCUT2D eigenvalue weighted by atomic mass is 10.1. The minimum atomic E-state index is -1.53. The number of aliphatic hydroxyl groups excluding tert-OH is 1. The zero-order valence-electron chi connectivity index (χ0n) is 9.67. The van der Waals surface area contributed by atoms with E-state index in [9.17, 15) is 19.7 Å². The number of benzene rings is 1. The molecule has 0 fully saturated rings. The number of nitro benzene ring substituents is 1. The van der Waals surface area contributed by atoms with E-state index >= 15 is 0 Å². The molecule has 8 nitrogen and oxygen atoms in total. The number of amides is 1. The average Bonchev–Trinajstić information content (AvgIpc) is 2.37. The van der Waals surface area contributed by atoms with E-state index in [0.717, 1.165) is 12.1 Å². The number of hydrogen-bond acceptors (Lipinski definition) is 5. The third-order valence-corrected chi connectivity index (χ3v) is 3.05. The van der Waals surface area contributed by atoms with Gasteiger partial charge in [0.1, 0.15) is 5.02 Å². The maximum absolute atomic E-state index is 11.7. The molecule has 0 heterocycles. The number of aliphatic carboxylic acids is 1. The number of carboxylic acid groups (broad SMARTS) is 1. The van der Waals surface area contributed by atoms with Crippen molar-refractivity contribution in [1.82, 2.24) is 5.32 Å². The number of nitro groups is 1. The molecule has 0 saturated heterocycles.